The van der Waals surface area contributed by atoms with Crippen LogP contribution in [0.5, 0.6) is 0 Å². The monoisotopic (exact) mass is 407 g/mol. The molecule has 0 fully saturated rings. The van der Waals surface area contributed by atoms with E-state index in [1.54, 1.807) is 24.3 Å². The molecule has 0 heterocycles. The van der Waals surface area contributed by atoms with E-state index < -0.39 is 3.61 Å². The van der Waals surface area contributed by atoms with E-state index in [0.29, 0.717) is 16.6 Å². The number of hydrogen-bond donors (Lipinski definition) is 2. The van der Waals surface area contributed by atoms with E-state index in [1.807, 2.05) is 46.9 Å². The Balaban J connectivity index is 2.04. The highest BCUT2D eigenvalue weighted by Crippen LogP contribution is 2.30. The van der Waals surface area contributed by atoms with Crippen LogP contribution < -0.4 is 5.32 Å². The van der Waals surface area contributed by atoms with E-state index >= 15 is 0 Å². The van der Waals surface area contributed by atoms with E-state index in [-0.39, 0.29) is 0 Å². The van der Waals surface area contributed by atoms with Crippen LogP contribution in [0.1, 0.15) is 5.56 Å². The van der Waals surface area contributed by atoms with Gasteiger partial charge >= 0.3 is 0 Å². The van der Waals surface area contributed by atoms with Gasteiger partial charge in [0.15, 0.2) is 3.61 Å². The molecule has 1 unspecified atom stereocenters. The summed E-state index contributed by atoms with van der Waals surface area (Å²) in [6.07, 6.45) is 0. The SMILES string of the molecule is OC(I)(CNc1ccc(Cl)cc1)c1ccc(Cl)cc1. The van der Waals surface area contributed by atoms with E-state index in [1.165, 1.54) is 0 Å². The predicted octanol–water partition coefficient (Wildman–Crippen LogP) is 4.69. The van der Waals surface area contributed by atoms with Crippen molar-refractivity contribution in [2.75, 3.05) is 11.9 Å². The number of alkyl halides is 1. The van der Waals surface area contributed by atoms with Crippen LogP contribution in [0.4, 0.5) is 5.69 Å². The Labute approximate surface area is 135 Å². The van der Waals surface area contributed by atoms with Gasteiger partial charge in [-0.15, -0.1) is 0 Å². The summed E-state index contributed by atoms with van der Waals surface area (Å²) in [4.78, 5) is 0. The quantitative estimate of drug-likeness (QED) is 0.569. The van der Waals surface area contributed by atoms with Crippen molar-refractivity contribution >= 4 is 51.5 Å². The van der Waals surface area contributed by atoms with E-state index in [0.717, 1.165) is 11.3 Å². The standard InChI is InChI=1S/C14H12Cl2INO/c15-11-3-1-10(2-4-11)14(17,19)9-18-13-7-5-12(16)6-8-13/h1-8,18-19H,9H2. The molecular weight excluding hydrogens is 396 g/mol. The molecule has 100 valence electrons. The summed E-state index contributed by atoms with van der Waals surface area (Å²) in [5, 5.41) is 15.0. The third kappa shape index (κ3) is 4.24. The van der Waals surface area contributed by atoms with Gasteiger partial charge in [0.1, 0.15) is 0 Å². The molecule has 0 radical (unpaired) electrons. The molecule has 2 nitrogen and oxygen atoms in total. The molecule has 2 aromatic rings. The fraction of sp³-hybridized carbons (Fsp3) is 0.143. The Kier molecular flexibility index (Phi) is 4.95. The number of rotatable bonds is 4. The fourth-order valence-corrected chi connectivity index (χ4v) is 2.40. The van der Waals surface area contributed by atoms with E-state index in [2.05, 4.69) is 5.32 Å². The largest absolute Gasteiger partial charge is 0.381 e. The van der Waals surface area contributed by atoms with Gasteiger partial charge in [-0.1, -0.05) is 35.3 Å². The summed E-state index contributed by atoms with van der Waals surface area (Å²) in [5.74, 6) is 0. The van der Waals surface area contributed by atoms with Crippen LogP contribution in [0.3, 0.4) is 0 Å². The van der Waals surface area contributed by atoms with E-state index in [4.69, 9.17) is 23.2 Å². The van der Waals surface area contributed by atoms with Crippen LogP contribution in [0.15, 0.2) is 48.5 Å². The molecule has 0 amide bonds. The molecule has 2 rings (SSSR count). The van der Waals surface area contributed by atoms with Crippen molar-refractivity contribution in [1.29, 1.82) is 0 Å². The summed E-state index contributed by atoms with van der Waals surface area (Å²) in [7, 11) is 0. The molecule has 2 N–H and O–H groups in total. The Morgan fingerprint density at radius 3 is 1.95 bits per heavy atom. The summed E-state index contributed by atoms with van der Waals surface area (Å²) in [6, 6.07) is 14.5. The summed E-state index contributed by atoms with van der Waals surface area (Å²) >= 11 is 13.7. The molecule has 0 bridgehead atoms. The van der Waals surface area contributed by atoms with Gasteiger partial charge in [0.05, 0.1) is 6.54 Å². The third-order valence-corrected chi connectivity index (χ3v) is 4.17. The molecule has 0 aliphatic carbocycles. The summed E-state index contributed by atoms with van der Waals surface area (Å²) in [5.41, 5.74) is 1.72. The Hall–Kier alpha value is -0.490. The zero-order valence-electron chi connectivity index (χ0n) is 9.91. The van der Waals surface area contributed by atoms with Crippen LogP contribution in [0.25, 0.3) is 0 Å². The fourth-order valence-electron chi connectivity index (χ4n) is 1.59. The average Bonchev–Trinajstić information content (AvgIpc) is 2.39. The van der Waals surface area contributed by atoms with Gasteiger partial charge in [0.25, 0.3) is 0 Å². The first-order chi connectivity index (χ1) is 8.97. The van der Waals surface area contributed by atoms with Gasteiger partial charge in [-0.05, 0) is 64.6 Å². The van der Waals surface area contributed by atoms with Crippen LogP contribution >= 0.6 is 45.8 Å². The van der Waals surface area contributed by atoms with Gasteiger partial charge < -0.3 is 10.4 Å². The summed E-state index contributed by atoms with van der Waals surface area (Å²) in [6.45, 7) is 0.386. The second kappa shape index (κ2) is 6.31. The maximum absolute atomic E-state index is 10.4. The van der Waals surface area contributed by atoms with Crippen LogP contribution in [-0.2, 0) is 3.61 Å². The molecule has 0 spiro atoms. The van der Waals surface area contributed by atoms with Gasteiger partial charge in [0.2, 0.25) is 0 Å². The van der Waals surface area contributed by atoms with Crippen molar-refractivity contribution in [2.24, 2.45) is 0 Å². The molecule has 1 atom stereocenters. The van der Waals surface area contributed by atoms with Crippen LogP contribution in [-0.4, -0.2) is 11.7 Å². The van der Waals surface area contributed by atoms with Gasteiger partial charge in [0, 0.05) is 15.7 Å². The van der Waals surface area contributed by atoms with Gasteiger partial charge in [-0.25, -0.2) is 0 Å². The Morgan fingerprint density at radius 1 is 0.947 bits per heavy atom. The minimum atomic E-state index is -0.998. The minimum absolute atomic E-state index is 0.386. The predicted molar refractivity (Wildman–Crippen MR) is 89.3 cm³/mol. The van der Waals surface area contributed by atoms with Crippen molar-refractivity contribution in [3.63, 3.8) is 0 Å². The number of benzene rings is 2. The number of aliphatic hydroxyl groups is 1. The first-order valence-corrected chi connectivity index (χ1v) is 7.48. The summed E-state index contributed by atoms with van der Waals surface area (Å²) < 4.78 is -0.998. The molecule has 0 aromatic heterocycles. The number of halogens is 3. The third-order valence-electron chi connectivity index (χ3n) is 2.66. The van der Waals surface area contributed by atoms with Crippen molar-refractivity contribution in [3.05, 3.63) is 64.1 Å². The second-order valence-electron chi connectivity index (χ2n) is 4.13. The molecule has 0 saturated carbocycles. The minimum Gasteiger partial charge on any atom is -0.381 e. The number of hydrogen-bond acceptors (Lipinski definition) is 2. The highest BCUT2D eigenvalue weighted by atomic mass is 127. The maximum atomic E-state index is 10.4. The second-order valence-corrected chi connectivity index (χ2v) is 6.78. The molecule has 0 saturated heterocycles. The lowest BCUT2D eigenvalue weighted by molar-refractivity contribution is 0.171. The Morgan fingerprint density at radius 2 is 1.42 bits per heavy atom. The Bertz CT molecular complexity index is 540. The van der Waals surface area contributed by atoms with E-state index in [9.17, 15) is 5.11 Å². The van der Waals surface area contributed by atoms with Gasteiger partial charge in [-0.2, -0.15) is 0 Å². The van der Waals surface area contributed by atoms with Crippen molar-refractivity contribution in [1.82, 2.24) is 0 Å². The van der Waals surface area contributed by atoms with Crippen LogP contribution in [0.2, 0.25) is 10.0 Å². The maximum Gasteiger partial charge on any atom is 0.158 e. The highest BCUT2D eigenvalue weighted by molar-refractivity contribution is 14.1. The lowest BCUT2D eigenvalue weighted by Gasteiger charge is -2.23. The van der Waals surface area contributed by atoms with Crippen molar-refractivity contribution in [2.45, 2.75) is 3.61 Å². The topological polar surface area (TPSA) is 32.3 Å². The normalized spacial score (nSPS) is 13.9. The molecule has 0 aliphatic rings. The number of nitrogens with one attached hydrogen (secondary N) is 1. The molecule has 2 aromatic carbocycles. The van der Waals surface area contributed by atoms with Crippen molar-refractivity contribution < 1.29 is 5.11 Å². The lowest BCUT2D eigenvalue weighted by atomic mass is 10.1. The molecular formula is C14H12Cl2INO. The highest BCUT2D eigenvalue weighted by Gasteiger charge is 2.24. The smallest absolute Gasteiger partial charge is 0.158 e. The number of anilines is 1. The van der Waals surface area contributed by atoms with Gasteiger partial charge in [-0.3, -0.25) is 0 Å². The van der Waals surface area contributed by atoms with Crippen molar-refractivity contribution in [3.8, 4) is 0 Å². The zero-order chi connectivity index (χ0) is 13.9. The molecule has 0 aliphatic heterocycles. The lowest BCUT2D eigenvalue weighted by Crippen LogP contribution is -2.27. The first-order valence-electron chi connectivity index (χ1n) is 5.64. The average molecular weight is 408 g/mol. The van der Waals surface area contributed by atoms with Crippen LogP contribution in [0, 0.1) is 0 Å². The molecule has 19 heavy (non-hydrogen) atoms. The molecule has 5 heteroatoms. The zero-order valence-corrected chi connectivity index (χ0v) is 13.6. The first kappa shape index (κ1) is 14.9.